The van der Waals surface area contributed by atoms with Crippen molar-refractivity contribution in [2.45, 2.75) is 72.9 Å². The summed E-state index contributed by atoms with van der Waals surface area (Å²) in [5.41, 5.74) is 5.66. The van der Waals surface area contributed by atoms with Gasteiger partial charge in [-0.2, -0.15) is 5.10 Å². The number of aryl methyl sites for hydroxylation is 1. The number of allylic oxidation sites excluding steroid dienone is 11. The second kappa shape index (κ2) is 21.4. The lowest BCUT2D eigenvalue weighted by molar-refractivity contribution is -0.118. The van der Waals surface area contributed by atoms with Crippen LogP contribution in [0.3, 0.4) is 0 Å². The minimum Gasteiger partial charge on any atom is -0.375 e. The van der Waals surface area contributed by atoms with Crippen LogP contribution < -0.4 is 16.1 Å². The quantitative estimate of drug-likeness (QED) is 0.244. The number of halogens is 2. The molecular formula is C38H52F2N8O. The van der Waals surface area contributed by atoms with Gasteiger partial charge in [0.1, 0.15) is 12.4 Å². The average molecular weight is 675 g/mol. The summed E-state index contributed by atoms with van der Waals surface area (Å²) >= 11 is 0. The maximum atomic E-state index is 14.1. The molecule has 1 saturated heterocycles. The van der Waals surface area contributed by atoms with Gasteiger partial charge in [0.25, 0.3) is 0 Å². The van der Waals surface area contributed by atoms with Gasteiger partial charge >= 0.3 is 0 Å². The fourth-order valence-electron chi connectivity index (χ4n) is 5.46. The molecule has 2 aliphatic carbocycles. The van der Waals surface area contributed by atoms with Crippen LogP contribution >= 0.6 is 0 Å². The first-order chi connectivity index (χ1) is 23.9. The van der Waals surface area contributed by atoms with Crippen molar-refractivity contribution < 1.29 is 13.6 Å². The average Bonchev–Trinajstić information content (AvgIpc) is 3.25. The van der Waals surface area contributed by atoms with Crippen molar-refractivity contribution in [1.29, 1.82) is 0 Å². The molecule has 0 aromatic carbocycles. The standard InChI is InChI=1S/C29H40F2N8O.C7H6.C2H6/c1-4-13-37-14-11-23(19-37)36-28-29(32-5-2)38(16-21(3)35-28)17-22-10-12-34-39(18-22)20-24(40)15-33-26-9-7-6-8-25(30)27(26)31;1-2-4-6-7-5-3-1;1-2/h6-7,9,12,16,18,23,33H,4-5,8,10-11,13-15,17,19-20H2,1-3H3,(H,35,36);1-6H;1-2H3/t23-;;/m1../s1. The molecule has 2 aliphatic heterocycles. The molecule has 0 saturated carbocycles. The smallest absolute Gasteiger partial charge is 0.177 e. The molecule has 0 spiro atoms. The number of carbonyl (C=O) groups is 1. The lowest BCUT2D eigenvalue weighted by Crippen LogP contribution is -2.34. The van der Waals surface area contributed by atoms with E-state index in [9.17, 15) is 13.6 Å². The lowest BCUT2D eigenvalue weighted by atomic mass is 10.2. The molecule has 3 heterocycles. The summed E-state index contributed by atoms with van der Waals surface area (Å²) in [5, 5.41) is 12.3. The Morgan fingerprint density at radius 2 is 1.88 bits per heavy atom. The number of ketones is 1. The number of carbonyl (C=O) groups excluding carboxylic acids is 1. The number of anilines is 1. The predicted octanol–water partition coefficient (Wildman–Crippen LogP) is 6.59. The molecule has 0 unspecified atom stereocenters. The van der Waals surface area contributed by atoms with Crippen molar-refractivity contribution in [3.05, 3.63) is 107 Å². The van der Waals surface area contributed by atoms with Gasteiger partial charge in [0.05, 0.1) is 17.9 Å². The van der Waals surface area contributed by atoms with Gasteiger partial charge in [-0.15, -0.1) is 5.73 Å². The van der Waals surface area contributed by atoms with Crippen LogP contribution in [0.5, 0.6) is 0 Å². The van der Waals surface area contributed by atoms with E-state index in [0.717, 1.165) is 55.0 Å². The van der Waals surface area contributed by atoms with Crippen LogP contribution in [-0.2, 0) is 11.3 Å². The van der Waals surface area contributed by atoms with Crippen LogP contribution in [-0.4, -0.2) is 76.8 Å². The Hall–Kier alpha value is -4.60. The molecule has 0 bridgehead atoms. The monoisotopic (exact) mass is 674 g/mol. The number of hydrogen-bond acceptors (Lipinski definition) is 8. The van der Waals surface area contributed by atoms with Gasteiger partial charge in [-0.3, -0.25) is 14.8 Å². The molecule has 1 aromatic heterocycles. The highest BCUT2D eigenvalue weighted by Crippen LogP contribution is 2.21. The minimum atomic E-state index is -0.964. The third kappa shape index (κ3) is 13.1. The van der Waals surface area contributed by atoms with Gasteiger partial charge in [-0.05, 0) is 57.0 Å². The third-order valence-corrected chi connectivity index (χ3v) is 7.57. The largest absolute Gasteiger partial charge is 0.375 e. The molecule has 1 fully saturated rings. The van der Waals surface area contributed by atoms with Crippen LogP contribution in [0.25, 0.3) is 0 Å². The van der Waals surface area contributed by atoms with E-state index in [2.05, 4.69) is 37.9 Å². The van der Waals surface area contributed by atoms with Crippen molar-refractivity contribution in [3.63, 3.8) is 0 Å². The zero-order valence-corrected chi connectivity index (χ0v) is 29.6. The number of likely N-dealkylation sites (tertiary alicyclic amines) is 1. The van der Waals surface area contributed by atoms with Gasteiger partial charge in [-0.25, -0.2) is 13.8 Å². The number of Topliss-reactive ketones (excluding diaryl/α,β-unsaturated/α-hetero) is 1. The van der Waals surface area contributed by atoms with E-state index >= 15 is 0 Å². The first kappa shape index (κ1) is 38.8. The molecule has 1 atom stereocenters. The lowest BCUT2D eigenvalue weighted by Gasteiger charge is -2.22. The molecule has 4 aliphatic rings. The van der Waals surface area contributed by atoms with Crippen LogP contribution in [0.2, 0.25) is 0 Å². The van der Waals surface area contributed by atoms with Gasteiger partial charge < -0.3 is 20.1 Å². The van der Waals surface area contributed by atoms with E-state index in [1.165, 1.54) is 12.2 Å². The molecule has 0 amide bonds. The van der Waals surface area contributed by atoms with Crippen LogP contribution in [0.1, 0.15) is 59.1 Å². The number of aromatic nitrogens is 2. The Kier molecular flexibility index (Phi) is 17.0. The third-order valence-electron chi connectivity index (χ3n) is 7.57. The fourth-order valence-corrected chi connectivity index (χ4v) is 5.46. The first-order valence-electron chi connectivity index (χ1n) is 17.3. The second-order valence-electron chi connectivity index (χ2n) is 11.6. The maximum Gasteiger partial charge on any atom is 0.177 e. The topological polar surface area (TPSA) is 90.2 Å². The van der Waals surface area contributed by atoms with Gasteiger partial charge in [0.15, 0.2) is 22.9 Å². The number of hydrogen-bond donors (Lipinski definition) is 2. The molecule has 264 valence electrons. The summed E-state index contributed by atoms with van der Waals surface area (Å²) in [4.78, 5) is 24.7. The molecule has 0 radical (unpaired) electrons. The highest BCUT2D eigenvalue weighted by atomic mass is 19.2. The van der Waals surface area contributed by atoms with Crippen molar-refractivity contribution in [1.82, 2.24) is 24.8 Å². The Bertz CT molecular complexity index is 1590. The summed E-state index contributed by atoms with van der Waals surface area (Å²) in [6.45, 7) is 14.5. The van der Waals surface area contributed by atoms with E-state index in [1.807, 2.05) is 76.5 Å². The van der Waals surface area contributed by atoms with Crippen LogP contribution in [0.4, 0.5) is 14.6 Å². The molecule has 2 N–H and O–H groups in total. The molecule has 9 nitrogen and oxygen atoms in total. The van der Waals surface area contributed by atoms with E-state index in [4.69, 9.17) is 9.98 Å². The normalized spacial score (nSPS) is 18.6. The summed E-state index contributed by atoms with van der Waals surface area (Å²) in [6, 6.07) is 0.335. The minimum absolute atomic E-state index is 0.0128. The SMILES string of the molecule is C1=CC=CC=CC=1.CC.CCCN1CC[C@@H](Nc2nc(C)cn(CC3=CN(CC(=O)CNC4=CC=CCC(F)=C4F)N=CC3)c2=NCC)C1. The highest BCUT2D eigenvalue weighted by molar-refractivity contribution is 5.83. The number of nitrogens with one attached hydrogen (secondary N) is 2. The Labute approximate surface area is 290 Å². The van der Waals surface area contributed by atoms with E-state index in [-0.39, 0.29) is 31.0 Å². The van der Waals surface area contributed by atoms with Gasteiger partial charge in [0, 0.05) is 63.7 Å². The van der Waals surface area contributed by atoms with Crippen LogP contribution in [0.15, 0.2) is 106 Å². The number of hydrazone groups is 1. The van der Waals surface area contributed by atoms with E-state index in [1.54, 1.807) is 17.3 Å². The Morgan fingerprint density at radius 3 is 2.61 bits per heavy atom. The second-order valence-corrected chi connectivity index (χ2v) is 11.6. The van der Waals surface area contributed by atoms with Crippen LogP contribution in [0, 0.1) is 6.92 Å². The van der Waals surface area contributed by atoms with Crippen molar-refractivity contribution >= 4 is 17.8 Å². The van der Waals surface area contributed by atoms with Gasteiger partial charge in [-0.1, -0.05) is 57.2 Å². The number of nitrogens with zero attached hydrogens (tertiary/aromatic N) is 6. The predicted molar refractivity (Wildman–Crippen MR) is 196 cm³/mol. The van der Waals surface area contributed by atoms with Crippen molar-refractivity contribution in [2.24, 2.45) is 10.1 Å². The summed E-state index contributed by atoms with van der Waals surface area (Å²) < 4.78 is 30.0. The van der Waals surface area contributed by atoms with Crippen molar-refractivity contribution in [2.75, 3.05) is 44.6 Å². The summed E-state index contributed by atoms with van der Waals surface area (Å²) in [6.07, 6.45) is 24.5. The zero-order chi connectivity index (χ0) is 35.4. The Balaban J connectivity index is 0.000000633. The Morgan fingerprint density at radius 1 is 1.10 bits per heavy atom. The van der Waals surface area contributed by atoms with Crippen molar-refractivity contribution in [3.8, 4) is 0 Å². The molecule has 49 heavy (non-hydrogen) atoms. The number of rotatable bonds is 12. The summed E-state index contributed by atoms with van der Waals surface area (Å²) in [5.74, 6) is -1.22. The first-order valence-corrected chi connectivity index (χ1v) is 17.3. The molecule has 11 heteroatoms. The van der Waals surface area contributed by atoms with Gasteiger partial charge in [0.2, 0.25) is 0 Å². The van der Waals surface area contributed by atoms with E-state index in [0.29, 0.717) is 25.6 Å². The molecule has 5 rings (SSSR count). The fraction of sp³-hybridized carbons (Fsp3) is 0.447. The highest BCUT2D eigenvalue weighted by Gasteiger charge is 2.23. The molecular weight excluding hydrogens is 622 g/mol. The summed E-state index contributed by atoms with van der Waals surface area (Å²) in [7, 11) is 0. The van der Waals surface area contributed by atoms with E-state index < -0.39 is 11.7 Å². The molecule has 1 aromatic rings. The maximum absolute atomic E-state index is 14.1. The zero-order valence-electron chi connectivity index (χ0n) is 29.6.